The molecular formula is C8H5ClOS. The second-order valence-electron chi connectivity index (χ2n) is 1.76. The van der Waals surface area contributed by atoms with Crippen LogP contribution >= 0.6 is 22.9 Å². The standard InChI is InChI=1S/C8H5ClOS/c9-5-1-2-7-3-4-8(6-10)11-7/h3-4,6H,5H2. The molecule has 1 nitrogen and oxygen atoms in total. The fourth-order valence-electron chi connectivity index (χ4n) is 0.604. The summed E-state index contributed by atoms with van der Waals surface area (Å²) in [5.74, 6) is 5.87. The summed E-state index contributed by atoms with van der Waals surface area (Å²) < 4.78 is 0. The SMILES string of the molecule is O=Cc1ccc(C#CCCl)s1. The summed E-state index contributed by atoms with van der Waals surface area (Å²) in [6, 6.07) is 3.56. The van der Waals surface area contributed by atoms with Crippen LogP contribution < -0.4 is 0 Å². The number of thiophene rings is 1. The molecule has 1 aromatic rings. The lowest BCUT2D eigenvalue weighted by atomic mass is 10.4. The van der Waals surface area contributed by atoms with Crippen molar-refractivity contribution in [1.29, 1.82) is 0 Å². The van der Waals surface area contributed by atoms with Crippen molar-refractivity contribution in [2.75, 3.05) is 5.88 Å². The number of hydrogen-bond donors (Lipinski definition) is 0. The van der Waals surface area contributed by atoms with E-state index in [0.717, 1.165) is 11.2 Å². The van der Waals surface area contributed by atoms with E-state index in [1.165, 1.54) is 11.3 Å². The predicted octanol–water partition coefficient (Wildman–Crippen LogP) is 2.15. The Kier molecular flexibility index (Phi) is 3.15. The molecule has 0 radical (unpaired) electrons. The van der Waals surface area contributed by atoms with E-state index in [1.54, 1.807) is 6.07 Å². The summed E-state index contributed by atoms with van der Waals surface area (Å²) in [7, 11) is 0. The van der Waals surface area contributed by atoms with Crippen molar-refractivity contribution >= 4 is 29.2 Å². The lowest BCUT2D eigenvalue weighted by Gasteiger charge is -1.74. The molecule has 0 aliphatic carbocycles. The maximum atomic E-state index is 10.2. The Hall–Kier alpha value is -0.780. The lowest BCUT2D eigenvalue weighted by Crippen LogP contribution is -1.63. The Morgan fingerprint density at radius 3 is 3.00 bits per heavy atom. The quantitative estimate of drug-likeness (QED) is 0.371. The van der Waals surface area contributed by atoms with Crippen LogP contribution in [0.5, 0.6) is 0 Å². The highest BCUT2D eigenvalue weighted by atomic mass is 35.5. The van der Waals surface area contributed by atoms with Crippen LogP contribution in [-0.4, -0.2) is 12.2 Å². The van der Waals surface area contributed by atoms with Crippen molar-refractivity contribution in [2.24, 2.45) is 0 Å². The monoisotopic (exact) mass is 184 g/mol. The van der Waals surface area contributed by atoms with E-state index in [9.17, 15) is 4.79 Å². The number of hydrogen-bond acceptors (Lipinski definition) is 2. The van der Waals surface area contributed by atoms with E-state index in [-0.39, 0.29) is 0 Å². The summed E-state index contributed by atoms with van der Waals surface area (Å²) in [5.41, 5.74) is 0. The molecule has 0 saturated carbocycles. The molecule has 0 aliphatic rings. The van der Waals surface area contributed by atoms with Crippen LogP contribution in [0, 0.1) is 11.8 Å². The zero-order valence-corrected chi connectivity index (χ0v) is 7.21. The second kappa shape index (κ2) is 4.17. The van der Waals surface area contributed by atoms with Crippen molar-refractivity contribution in [1.82, 2.24) is 0 Å². The van der Waals surface area contributed by atoms with Gasteiger partial charge in [0.15, 0.2) is 6.29 Å². The van der Waals surface area contributed by atoms with Gasteiger partial charge in [0.25, 0.3) is 0 Å². The molecule has 1 rings (SSSR count). The third kappa shape index (κ3) is 2.38. The largest absolute Gasteiger partial charge is 0.297 e. The maximum absolute atomic E-state index is 10.2. The first-order valence-electron chi connectivity index (χ1n) is 2.96. The van der Waals surface area contributed by atoms with E-state index >= 15 is 0 Å². The molecule has 0 saturated heterocycles. The highest BCUT2D eigenvalue weighted by Crippen LogP contribution is 2.12. The van der Waals surface area contributed by atoms with Gasteiger partial charge in [-0.25, -0.2) is 0 Å². The minimum Gasteiger partial charge on any atom is -0.297 e. The lowest BCUT2D eigenvalue weighted by molar-refractivity contribution is 0.112. The number of carbonyl (C=O) groups excluding carboxylic acids is 1. The molecule has 0 aromatic carbocycles. The van der Waals surface area contributed by atoms with Crippen LogP contribution in [0.15, 0.2) is 12.1 Å². The third-order valence-electron chi connectivity index (χ3n) is 1.02. The molecule has 0 aliphatic heterocycles. The summed E-state index contributed by atoms with van der Waals surface area (Å²) in [6.07, 6.45) is 0.816. The fraction of sp³-hybridized carbons (Fsp3) is 0.125. The van der Waals surface area contributed by atoms with Gasteiger partial charge >= 0.3 is 0 Å². The molecule has 0 N–H and O–H groups in total. The van der Waals surface area contributed by atoms with Crippen LogP contribution in [0.2, 0.25) is 0 Å². The number of alkyl halides is 1. The average molecular weight is 185 g/mol. The van der Waals surface area contributed by atoms with Crippen molar-refractivity contribution in [3.05, 3.63) is 21.9 Å². The van der Waals surface area contributed by atoms with Crippen LogP contribution in [-0.2, 0) is 0 Å². The Balaban J connectivity index is 2.80. The van der Waals surface area contributed by atoms with E-state index < -0.39 is 0 Å². The predicted molar refractivity (Wildman–Crippen MR) is 47.3 cm³/mol. The number of aldehydes is 1. The van der Waals surface area contributed by atoms with Gasteiger partial charge in [-0.1, -0.05) is 11.8 Å². The van der Waals surface area contributed by atoms with Gasteiger partial charge in [-0.15, -0.1) is 22.9 Å². The highest BCUT2D eigenvalue weighted by molar-refractivity contribution is 7.14. The minimum atomic E-state index is 0.328. The summed E-state index contributed by atoms with van der Waals surface area (Å²) >= 11 is 6.73. The zero-order chi connectivity index (χ0) is 8.10. The van der Waals surface area contributed by atoms with Gasteiger partial charge in [-0.3, -0.25) is 4.79 Å². The molecule has 56 valence electrons. The van der Waals surface area contributed by atoms with Gasteiger partial charge < -0.3 is 0 Å². The van der Waals surface area contributed by atoms with Crippen LogP contribution in [0.4, 0.5) is 0 Å². The Labute approximate surface area is 74.0 Å². The van der Waals surface area contributed by atoms with Gasteiger partial charge in [0.05, 0.1) is 15.6 Å². The van der Waals surface area contributed by atoms with Gasteiger partial charge in [0.1, 0.15) is 0 Å². The minimum absolute atomic E-state index is 0.328. The molecule has 0 amide bonds. The van der Waals surface area contributed by atoms with Crippen LogP contribution in [0.3, 0.4) is 0 Å². The van der Waals surface area contributed by atoms with Crippen molar-refractivity contribution < 1.29 is 4.79 Å². The maximum Gasteiger partial charge on any atom is 0.160 e. The summed E-state index contributed by atoms with van der Waals surface area (Å²) in [6.45, 7) is 0. The Morgan fingerprint density at radius 1 is 1.64 bits per heavy atom. The molecular weight excluding hydrogens is 180 g/mol. The average Bonchev–Trinajstić information content (AvgIpc) is 2.48. The molecule has 0 bridgehead atoms. The Bertz CT molecular complexity index is 305. The first-order chi connectivity index (χ1) is 5.36. The molecule has 1 heterocycles. The number of rotatable bonds is 1. The van der Waals surface area contributed by atoms with Gasteiger partial charge in [0, 0.05) is 0 Å². The van der Waals surface area contributed by atoms with E-state index in [0.29, 0.717) is 10.8 Å². The normalized spacial score (nSPS) is 8.45. The van der Waals surface area contributed by atoms with Gasteiger partial charge in [0.2, 0.25) is 0 Å². The summed E-state index contributed by atoms with van der Waals surface area (Å²) in [5, 5.41) is 0. The molecule has 0 unspecified atom stereocenters. The van der Waals surface area contributed by atoms with Crippen molar-refractivity contribution in [3.8, 4) is 11.8 Å². The molecule has 0 fully saturated rings. The Morgan fingerprint density at radius 2 is 2.45 bits per heavy atom. The first kappa shape index (κ1) is 8.32. The molecule has 1 aromatic heterocycles. The first-order valence-corrected chi connectivity index (χ1v) is 4.32. The second-order valence-corrected chi connectivity index (χ2v) is 3.14. The zero-order valence-electron chi connectivity index (χ0n) is 5.63. The van der Waals surface area contributed by atoms with Crippen molar-refractivity contribution in [2.45, 2.75) is 0 Å². The van der Waals surface area contributed by atoms with Gasteiger partial charge in [-0.05, 0) is 12.1 Å². The highest BCUT2D eigenvalue weighted by Gasteiger charge is 1.93. The molecule has 0 atom stereocenters. The van der Waals surface area contributed by atoms with Crippen molar-refractivity contribution in [3.63, 3.8) is 0 Å². The van der Waals surface area contributed by atoms with Gasteiger partial charge in [-0.2, -0.15) is 0 Å². The number of carbonyl (C=O) groups is 1. The molecule has 11 heavy (non-hydrogen) atoms. The third-order valence-corrected chi connectivity index (χ3v) is 2.08. The molecule has 3 heteroatoms. The number of halogens is 1. The van der Waals surface area contributed by atoms with E-state index in [2.05, 4.69) is 11.8 Å². The van der Waals surface area contributed by atoms with Crippen LogP contribution in [0.1, 0.15) is 14.5 Å². The topological polar surface area (TPSA) is 17.1 Å². The fourth-order valence-corrected chi connectivity index (χ4v) is 1.37. The van der Waals surface area contributed by atoms with E-state index in [1.807, 2.05) is 6.07 Å². The summed E-state index contributed by atoms with van der Waals surface area (Å²) in [4.78, 5) is 11.8. The van der Waals surface area contributed by atoms with E-state index in [4.69, 9.17) is 11.6 Å². The smallest absolute Gasteiger partial charge is 0.160 e. The van der Waals surface area contributed by atoms with Crippen LogP contribution in [0.25, 0.3) is 0 Å². The molecule has 0 spiro atoms.